The van der Waals surface area contributed by atoms with Crippen molar-refractivity contribution < 1.29 is 18.8 Å². The van der Waals surface area contributed by atoms with E-state index >= 15 is 0 Å². The van der Waals surface area contributed by atoms with Crippen LogP contribution in [0.3, 0.4) is 0 Å². The maximum absolute atomic E-state index is 10.8. The number of rotatable bonds is 7. The van der Waals surface area contributed by atoms with Crippen LogP contribution >= 0.6 is 0 Å². The molecule has 0 aromatic carbocycles. The van der Waals surface area contributed by atoms with Crippen molar-refractivity contribution in [3.8, 4) is 11.6 Å². The Balaban J connectivity index is 2.58. The van der Waals surface area contributed by atoms with Gasteiger partial charge in [0.25, 0.3) is 0 Å². The van der Waals surface area contributed by atoms with Gasteiger partial charge >= 0.3 is 5.69 Å². The molecule has 7 nitrogen and oxygen atoms in total. The predicted molar refractivity (Wildman–Crippen MR) is 86.1 cm³/mol. The molecule has 0 spiro atoms. The van der Waals surface area contributed by atoms with Crippen molar-refractivity contribution in [3.05, 3.63) is 22.4 Å². The van der Waals surface area contributed by atoms with E-state index in [2.05, 4.69) is 38.8 Å². The first-order valence-corrected chi connectivity index (χ1v) is 9.94. The lowest BCUT2D eigenvalue weighted by molar-refractivity contribution is -0.386. The van der Waals surface area contributed by atoms with Crippen molar-refractivity contribution in [1.82, 2.24) is 4.98 Å². The van der Waals surface area contributed by atoms with Crippen molar-refractivity contribution in [2.75, 3.05) is 20.3 Å². The Bertz CT molecular complexity index is 528. The minimum Gasteiger partial charge on any atom is -0.490 e. The second-order valence-corrected chi connectivity index (χ2v) is 11.2. The van der Waals surface area contributed by atoms with Crippen LogP contribution in [0.2, 0.25) is 18.1 Å². The molecule has 0 bridgehead atoms. The third-order valence-corrected chi connectivity index (χ3v) is 8.38. The summed E-state index contributed by atoms with van der Waals surface area (Å²) in [6.45, 7) is 11.6. The van der Waals surface area contributed by atoms with Crippen molar-refractivity contribution >= 4 is 14.0 Å². The van der Waals surface area contributed by atoms with E-state index in [9.17, 15) is 10.1 Å². The SMILES string of the molecule is COc1cc(OCCO[Si](C)(C)C(C)(C)C)ncc1[N+](=O)[O-]. The minimum atomic E-state index is -1.80. The molecule has 124 valence electrons. The highest BCUT2D eigenvalue weighted by Crippen LogP contribution is 2.36. The van der Waals surface area contributed by atoms with Crippen LogP contribution in [0.4, 0.5) is 5.69 Å². The second kappa shape index (κ2) is 7.06. The molecule has 1 rings (SSSR count). The molecule has 0 atom stereocenters. The number of hydrogen-bond acceptors (Lipinski definition) is 6. The molecule has 0 saturated carbocycles. The molecule has 0 aliphatic rings. The van der Waals surface area contributed by atoms with Crippen LogP contribution < -0.4 is 9.47 Å². The summed E-state index contributed by atoms with van der Waals surface area (Å²) in [5, 5.41) is 10.9. The first-order valence-electron chi connectivity index (χ1n) is 7.03. The van der Waals surface area contributed by atoms with E-state index < -0.39 is 13.2 Å². The monoisotopic (exact) mass is 328 g/mol. The highest BCUT2D eigenvalue weighted by Gasteiger charge is 2.36. The third kappa shape index (κ3) is 4.67. The van der Waals surface area contributed by atoms with Gasteiger partial charge in [-0.05, 0) is 18.1 Å². The fraction of sp³-hybridized carbons (Fsp3) is 0.643. The fourth-order valence-electron chi connectivity index (χ4n) is 1.45. The molecule has 0 amide bonds. The number of aromatic nitrogens is 1. The van der Waals surface area contributed by atoms with Crippen LogP contribution in [-0.2, 0) is 4.43 Å². The van der Waals surface area contributed by atoms with Crippen LogP contribution in [0, 0.1) is 10.1 Å². The lowest BCUT2D eigenvalue weighted by Crippen LogP contribution is -2.41. The summed E-state index contributed by atoms with van der Waals surface area (Å²) in [6.07, 6.45) is 1.13. The highest BCUT2D eigenvalue weighted by atomic mass is 28.4. The van der Waals surface area contributed by atoms with E-state index in [-0.39, 0.29) is 22.4 Å². The van der Waals surface area contributed by atoms with Crippen LogP contribution in [0.5, 0.6) is 11.6 Å². The molecule has 0 N–H and O–H groups in total. The van der Waals surface area contributed by atoms with Gasteiger partial charge in [-0.1, -0.05) is 20.8 Å². The van der Waals surface area contributed by atoms with Gasteiger partial charge in [0, 0.05) is 6.07 Å². The van der Waals surface area contributed by atoms with Gasteiger partial charge in [-0.3, -0.25) is 10.1 Å². The minimum absolute atomic E-state index is 0.125. The van der Waals surface area contributed by atoms with Crippen molar-refractivity contribution in [2.45, 2.75) is 38.9 Å². The Morgan fingerprint density at radius 2 is 1.95 bits per heavy atom. The topological polar surface area (TPSA) is 83.7 Å². The number of nitrogens with zero attached hydrogens (tertiary/aromatic N) is 2. The maximum atomic E-state index is 10.8. The largest absolute Gasteiger partial charge is 0.490 e. The number of pyridine rings is 1. The van der Waals surface area contributed by atoms with E-state index in [0.29, 0.717) is 13.2 Å². The van der Waals surface area contributed by atoms with E-state index in [0.717, 1.165) is 6.20 Å². The highest BCUT2D eigenvalue weighted by molar-refractivity contribution is 6.74. The average Bonchev–Trinajstić information content (AvgIpc) is 2.41. The van der Waals surface area contributed by atoms with Crippen LogP contribution in [0.25, 0.3) is 0 Å². The maximum Gasteiger partial charge on any atom is 0.329 e. The zero-order valence-corrected chi connectivity index (χ0v) is 15.0. The summed E-state index contributed by atoms with van der Waals surface area (Å²) >= 11 is 0. The van der Waals surface area contributed by atoms with Crippen LogP contribution in [0.15, 0.2) is 12.3 Å². The molecule has 1 aromatic rings. The Kier molecular flexibility index (Phi) is 5.90. The van der Waals surface area contributed by atoms with E-state index in [1.807, 2.05) is 0 Å². The summed E-state index contributed by atoms with van der Waals surface area (Å²) in [7, 11) is -0.431. The van der Waals surface area contributed by atoms with Crippen LogP contribution in [0.1, 0.15) is 20.8 Å². The molecule has 8 heteroatoms. The van der Waals surface area contributed by atoms with Gasteiger partial charge in [-0.15, -0.1) is 0 Å². The molecule has 1 aromatic heterocycles. The molecule has 22 heavy (non-hydrogen) atoms. The normalized spacial score (nSPS) is 12.1. The van der Waals surface area contributed by atoms with E-state index in [1.165, 1.54) is 13.2 Å². The van der Waals surface area contributed by atoms with Gasteiger partial charge in [0.1, 0.15) is 12.8 Å². The van der Waals surface area contributed by atoms with Crippen molar-refractivity contribution in [3.63, 3.8) is 0 Å². The summed E-state index contributed by atoms with van der Waals surface area (Å²) in [5.74, 6) is 0.404. The molecule has 0 saturated heterocycles. The van der Waals surface area contributed by atoms with E-state index in [1.54, 1.807) is 0 Å². The number of hydrogen-bond donors (Lipinski definition) is 0. The number of nitro groups is 1. The predicted octanol–water partition coefficient (Wildman–Crippen LogP) is 3.40. The first-order chi connectivity index (χ1) is 10.1. The molecule has 0 fully saturated rings. The molecule has 0 aliphatic heterocycles. The smallest absolute Gasteiger partial charge is 0.329 e. The summed E-state index contributed by atoms with van der Waals surface area (Å²) in [5.41, 5.74) is -0.188. The van der Waals surface area contributed by atoms with Gasteiger partial charge in [-0.2, -0.15) is 0 Å². The van der Waals surface area contributed by atoms with Gasteiger partial charge in [0.2, 0.25) is 11.6 Å². The zero-order valence-electron chi connectivity index (χ0n) is 14.0. The number of methoxy groups -OCH3 is 1. The molecular formula is C14H24N2O5Si. The van der Waals surface area contributed by atoms with Crippen molar-refractivity contribution in [1.29, 1.82) is 0 Å². The molecule has 0 unspecified atom stereocenters. The summed E-state index contributed by atoms with van der Waals surface area (Å²) < 4.78 is 16.4. The van der Waals surface area contributed by atoms with Gasteiger partial charge in [-0.25, -0.2) is 4.98 Å². The first kappa shape index (κ1) is 18.4. The second-order valence-electron chi connectivity index (χ2n) is 6.41. The Morgan fingerprint density at radius 3 is 2.45 bits per heavy atom. The van der Waals surface area contributed by atoms with Gasteiger partial charge in [0.05, 0.1) is 18.6 Å². The van der Waals surface area contributed by atoms with Crippen LogP contribution in [-0.4, -0.2) is 38.5 Å². The molecule has 0 aliphatic carbocycles. The lowest BCUT2D eigenvalue weighted by Gasteiger charge is -2.36. The third-order valence-electron chi connectivity index (χ3n) is 3.84. The molecule has 1 heterocycles. The standard InChI is InChI=1S/C14H24N2O5Si/c1-14(2,3)22(5,6)21-8-7-20-13-9-12(19-4)11(10-15-13)16(17)18/h9-10H,7-8H2,1-6H3. The Hall–Kier alpha value is -1.67. The Morgan fingerprint density at radius 1 is 1.32 bits per heavy atom. The van der Waals surface area contributed by atoms with E-state index in [4.69, 9.17) is 13.9 Å². The lowest BCUT2D eigenvalue weighted by atomic mass is 10.2. The molecule has 0 radical (unpaired) electrons. The average molecular weight is 328 g/mol. The Labute approximate surface area is 131 Å². The summed E-state index contributed by atoms with van der Waals surface area (Å²) in [4.78, 5) is 14.1. The number of ether oxygens (including phenoxy) is 2. The fourth-order valence-corrected chi connectivity index (χ4v) is 2.48. The van der Waals surface area contributed by atoms with Crippen molar-refractivity contribution in [2.24, 2.45) is 0 Å². The molecular weight excluding hydrogens is 304 g/mol. The summed E-state index contributed by atoms with van der Waals surface area (Å²) in [6, 6.07) is 1.41. The van der Waals surface area contributed by atoms with Gasteiger partial charge in [0.15, 0.2) is 8.32 Å². The zero-order chi connectivity index (χ0) is 17.0. The quantitative estimate of drug-likeness (QED) is 0.330. The van der Waals surface area contributed by atoms with Gasteiger partial charge < -0.3 is 13.9 Å².